The number of rotatable bonds is 6. The molecule has 0 saturated carbocycles. The van der Waals surface area contributed by atoms with Crippen LogP contribution in [0.15, 0.2) is 12.4 Å². The predicted molar refractivity (Wildman–Crippen MR) is 78.2 cm³/mol. The van der Waals surface area contributed by atoms with E-state index in [1.54, 1.807) is 0 Å². The highest BCUT2D eigenvalue weighted by molar-refractivity contribution is 5.30. The van der Waals surface area contributed by atoms with Crippen LogP contribution in [0.2, 0.25) is 0 Å². The third kappa shape index (κ3) is 4.14. The van der Waals surface area contributed by atoms with Gasteiger partial charge in [-0.2, -0.15) is 0 Å². The summed E-state index contributed by atoms with van der Waals surface area (Å²) in [6, 6.07) is 0.679. The van der Waals surface area contributed by atoms with E-state index in [9.17, 15) is 0 Å². The van der Waals surface area contributed by atoms with Gasteiger partial charge in [0.2, 0.25) is 0 Å². The van der Waals surface area contributed by atoms with E-state index in [0.717, 1.165) is 44.1 Å². The number of anilines is 1. The summed E-state index contributed by atoms with van der Waals surface area (Å²) in [5.74, 6) is 0.873. The monoisotopic (exact) mass is 263 g/mol. The van der Waals surface area contributed by atoms with Crippen LogP contribution in [-0.4, -0.2) is 59.5 Å². The van der Waals surface area contributed by atoms with E-state index in [1.165, 1.54) is 6.42 Å². The second-order valence-electron chi connectivity index (χ2n) is 5.46. The molecule has 0 aliphatic carbocycles. The fourth-order valence-corrected chi connectivity index (χ4v) is 2.39. The number of hydrogen-bond acceptors (Lipinski definition) is 5. The van der Waals surface area contributed by atoms with Crippen molar-refractivity contribution >= 4 is 5.82 Å². The number of likely N-dealkylation sites (tertiary alicyclic amines) is 1. The molecule has 1 aliphatic rings. The molecular weight excluding hydrogens is 238 g/mol. The molecule has 0 spiro atoms. The van der Waals surface area contributed by atoms with Crippen LogP contribution in [-0.2, 0) is 6.54 Å². The fraction of sp³-hybridized carbons (Fsp3) is 0.714. The average molecular weight is 263 g/mol. The molecular formula is C14H25N5. The van der Waals surface area contributed by atoms with Crippen molar-refractivity contribution in [1.29, 1.82) is 0 Å². The third-order valence-electron chi connectivity index (χ3n) is 3.62. The fourth-order valence-electron chi connectivity index (χ4n) is 2.39. The highest BCUT2D eigenvalue weighted by atomic mass is 15.2. The molecule has 1 atom stereocenters. The Labute approximate surface area is 116 Å². The summed E-state index contributed by atoms with van der Waals surface area (Å²) in [5, 5.41) is 3.24. The van der Waals surface area contributed by atoms with Gasteiger partial charge in [-0.05, 0) is 26.9 Å². The first-order valence-corrected chi connectivity index (χ1v) is 7.12. The normalized spacial score (nSPS) is 20.1. The van der Waals surface area contributed by atoms with Crippen LogP contribution in [0.3, 0.4) is 0 Å². The summed E-state index contributed by atoms with van der Waals surface area (Å²) in [6.07, 6.45) is 6.07. The van der Waals surface area contributed by atoms with Gasteiger partial charge >= 0.3 is 0 Å². The average Bonchev–Trinajstić information content (AvgIpc) is 2.87. The van der Waals surface area contributed by atoms with Crippen LogP contribution < -0.4 is 5.32 Å². The quantitative estimate of drug-likeness (QED) is 0.841. The minimum absolute atomic E-state index is 0.679. The van der Waals surface area contributed by atoms with Crippen LogP contribution in [0.25, 0.3) is 0 Å². The van der Waals surface area contributed by atoms with Gasteiger partial charge in [0.25, 0.3) is 0 Å². The lowest BCUT2D eigenvalue weighted by molar-refractivity contribution is 0.263. The van der Waals surface area contributed by atoms with Crippen molar-refractivity contribution in [2.75, 3.05) is 39.0 Å². The molecule has 0 radical (unpaired) electrons. The van der Waals surface area contributed by atoms with Crippen molar-refractivity contribution in [1.82, 2.24) is 19.8 Å². The molecule has 1 aliphatic heterocycles. The summed E-state index contributed by atoms with van der Waals surface area (Å²) >= 11 is 0. The van der Waals surface area contributed by atoms with E-state index in [0.29, 0.717) is 6.04 Å². The lowest BCUT2D eigenvalue weighted by Gasteiger charge is -2.20. The molecule has 1 aromatic heterocycles. The molecule has 5 heteroatoms. The molecule has 1 N–H and O–H groups in total. The van der Waals surface area contributed by atoms with Gasteiger partial charge in [-0.1, -0.05) is 6.92 Å². The van der Waals surface area contributed by atoms with Gasteiger partial charge in [-0.3, -0.25) is 9.88 Å². The maximum atomic E-state index is 4.48. The zero-order valence-electron chi connectivity index (χ0n) is 12.3. The third-order valence-corrected chi connectivity index (χ3v) is 3.62. The Morgan fingerprint density at radius 2 is 2.21 bits per heavy atom. The summed E-state index contributed by atoms with van der Waals surface area (Å²) in [7, 11) is 4.31. The van der Waals surface area contributed by atoms with Crippen LogP contribution in [0.5, 0.6) is 0 Å². The van der Waals surface area contributed by atoms with Crippen molar-refractivity contribution in [2.24, 2.45) is 0 Å². The molecule has 1 aromatic rings. The van der Waals surface area contributed by atoms with Crippen molar-refractivity contribution < 1.29 is 0 Å². The minimum Gasteiger partial charge on any atom is -0.369 e. The molecule has 106 valence electrons. The van der Waals surface area contributed by atoms with Crippen LogP contribution in [0.1, 0.15) is 25.5 Å². The Bertz CT molecular complexity index is 376. The molecule has 0 aromatic carbocycles. The standard InChI is InChI=1S/C14H25N5/c1-4-6-15-14-9-16-12(8-17-14)10-19-7-5-13(11-19)18(2)3/h8-9,13H,4-7,10-11H2,1-3H3,(H,15,17). The Kier molecular flexibility index (Phi) is 5.10. The Morgan fingerprint density at radius 3 is 2.79 bits per heavy atom. The van der Waals surface area contributed by atoms with E-state index < -0.39 is 0 Å². The summed E-state index contributed by atoms with van der Waals surface area (Å²) in [4.78, 5) is 13.6. The Morgan fingerprint density at radius 1 is 1.37 bits per heavy atom. The van der Waals surface area contributed by atoms with Crippen molar-refractivity contribution in [3.05, 3.63) is 18.1 Å². The first kappa shape index (κ1) is 14.2. The molecule has 1 unspecified atom stereocenters. The van der Waals surface area contributed by atoms with Crippen molar-refractivity contribution in [3.8, 4) is 0 Å². The van der Waals surface area contributed by atoms with Crippen LogP contribution in [0.4, 0.5) is 5.82 Å². The predicted octanol–water partition coefficient (Wildman–Crippen LogP) is 1.43. The first-order valence-electron chi connectivity index (χ1n) is 7.12. The Balaban J connectivity index is 1.83. The van der Waals surface area contributed by atoms with E-state index in [1.807, 2.05) is 12.4 Å². The molecule has 1 saturated heterocycles. The molecule has 0 bridgehead atoms. The SMILES string of the molecule is CCCNc1cnc(CN2CCC(N(C)C)C2)cn1. The van der Waals surface area contributed by atoms with E-state index in [-0.39, 0.29) is 0 Å². The molecule has 0 amide bonds. The molecule has 19 heavy (non-hydrogen) atoms. The molecule has 5 nitrogen and oxygen atoms in total. The van der Waals surface area contributed by atoms with Gasteiger partial charge in [0.15, 0.2) is 0 Å². The zero-order valence-corrected chi connectivity index (χ0v) is 12.3. The molecule has 1 fully saturated rings. The summed E-state index contributed by atoms with van der Waals surface area (Å²) < 4.78 is 0. The summed E-state index contributed by atoms with van der Waals surface area (Å²) in [5.41, 5.74) is 1.06. The van der Waals surface area contributed by atoms with E-state index in [2.05, 4.69) is 46.1 Å². The van der Waals surface area contributed by atoms with Gasteiger partial charge in [0, 0.05) is 32.2 Å². The summed E-state index contributed by atoms with van der Waals surface area (Å²) in [6.45, 7) is 6.28. The van der Waals surface area contributed by atoms with Crippen molar-refractivity contribution in [2.45, 2.75) is 32.4 Å². The number of likely N-dealkylation sites (N-methyl/N-ethyl adjacent to an activating group) is 1. The van der Waals surface area contributed by atoms with Crippen molar-refractivity contribution in [3.63, 3.8) is 0 Å². The number of nitrogens with one attached hydrogen (secondary N) is 1. The topological polar surface area (TPSA) is 44.3 Å². The van der Waals surface area contributed by atoms with E-state index in [4.69, 9.17) is 0 Å². The molecule has 2 rings (SSSR count). The minimum atomic E-state index is 0.679. The maximum Gasteiger partial charge on any atom is 0.144 e. The van der Waals surface area contributed by atoms with E-state index >= 15 is 0 Å². The molecule has 2 heterocycles. The lowest BCUT2D eigenvalue weighted by atomic mass is 10.2. The first-order chi connectivity index (χ1) is 9.19. The second-order valence-corrected chi connectivity index (χ2v) is 5.46. The van der Waals surface area contributed by atoms with Gasteiger partial charge in [-0.25, -0.2) is 4.98 Å². The highest BCUT2D eigenvalue weighted by Crippen LogP contribution is 2.15. The Hall–Kier alpha value is -1.20. The van der Waals surface area contributed by atoms with Crippen LogP contribution >= 0.6 is 0 Å². The maximum absolute atomic E-state index is 4.48. The number of hydrogen-bond donors (Lipinski definition) is 1. The smallest absolute Gasteiger partial charge is 0.144 e. The van der Waals surface area contributed by atoms with Gasteiger partial charge < -0.3 is 10.2 Å². The second kappa shape index (κ2) is 6.82. The largest absolute Gasteiger partial charge is 0.369 e. The number of nitrogens with zero attached hydrogens (tertiary/aromatic N) is 4. The van der Waals surface area contributed by atoms with Gasteiger partial charge in [0.05, 0.1) is 18.1 Å². The van der Waals surface area contributed by atoms with Gasteiger partial charge in [-0.15, -0.1) is 0 Å². The lowest BCUT2D eigenvalue weighted by Crippen LogP contribution is -2.31. The van der Waals surface area contributed by atoms with Crippen LogP contribution in [0, 0.1) is 0 Å². The zero-order chi connectivity index (χ0) is 13.7. The highest BCUT2D eigenvalue weighted by Gasteiger charge is 2.23. The van der Waals surface area contributed by atoms with Gasteiger partial charge in [0.1, 0.15) is 5.82 Å². The number of aromatic nitrogens is 2.